The van der Waals surface area contributed by atoms with Crippen molar-refractivity contribution < 1.29 is 9.53 Å². The number of carbonyl (C=O) groups is 1. The van der Waals surface area contributed by atoms with Crippen molar-refractivity contribution in [1.82, 2.24) is 0 Å². The molecule has 4 aliphatic rings. The summed E-state index contributed by atoms with van der Waals surface area (Å²) >= 11 is 0. The van der Waals surface area contributed by atoms with Crippen LogP contribution in [-0.4, -0.2) is 18.0 Å². The summed E-state index contributed by atoms with van der Waals surface area (Å²) in [5.41, 5.74) is 2.01. The fraction of sp³-hybridized carbons (Fsp3) is 0.880. The molecule has 4 rings (SSSR count). The number of unbranched alkanes of at least 4 members (excludes halogenated alkanes) is 1. The summed E-state index contributed by atoms with van der Waals surface area (Å²) in [5, 5.41) is 0. The third-order valence-electron chi connectivity index (χ3n) is 9.09. The number of ether oxygens (including phenoxy) is 1. The van der Waals surface area contributed by atoms with Gasteiger partial charge in [0.1, 0.15) is 0 Å². The third-order valence-corrected chi connectivity index (χ3v) is 9.09. The van der Waals surface area contributed by atoms with Crippen LogP contribution in [0.1, 0.15) is 97.8 Å². The first-order valence-electron chi connectivity index (χ1n) is 11.9. The summed E-state index contributed by atoms with van der Waals surface area (Å²) in [5.74, 6) is 3.66. The molecule has 27 heavy (non-hydrogen) atoms. The zero-order valence-electron chi connectivity index (χ0n) is 17.9. The average molecular weight is 373 g/mol. The van der Waals surface area contributed by atoms with Crippen LogP contribution in [0.3, 0.4) is 0 Å². The maximum absolute atomic E-state index is 11.9. The van der Waals surface area contributed by atoms with E-state index in [4.69, 9.17) is 4.74 Å². The number of carbonyl (C=O) groups excluding carboxylic acids is 1. The summed E-state index contributed by atoms with van der Waals surface area (Å²) in [7, 11) is 0. The SMILES string of the molecule is CCCCC12CCC3C4CCC(=O)C=C4CCC3C1CCC2(C)OCCC. The average Bonchev–Trinajstić information content (AvgIpc) is 2.97. The van der Waals surface area contributed by atoms with Gasteiger partial charge in [0.25, 0.3) is 0 Å². The lowest BCUT2D eigenvalue weighted by Crippen LogP contribution is -2.54. The van der Waals surface area contributed by atoms with Crippen LogP contribution < -0.4 is 0 Å². The number of rotatable bonds is 6. The lowest BCUT2D eigenvalue weighted by Gasteiger charge is -2.57. The summed E-state index contributed by atoms with van der Waals surface area (Å²) in [6, 6.07) is 0. The van der Waals surface area contributed by atoms with Crippen LogP contribution >= 0.6 is 0 Å². The summed E-state index contributed by atoms with van der Waals surface area (Å²) < 4.78 is 6.65. The second-order valence-electron chi connectivity index (χ2n) is 10.2. The molecule has 0 aromatic heterocycles. The first-order valence-corrected chi connectivity index (χ1v) is 11.9. The zero-order valence-corrected chi connectivity index (χ0v) is 17.9. The number of hydrogen-bond donors (Lipinski definition) is 0. The molecule has 2 nitrogen and oxygen atoms in total. The van der Waals surface area contributed by atoms with E-state index in [9.17, 15) is 4.79 Å². The Balaban J connectivity index is 1.61. The number of hydrogen-bond acceptors (Lipinski definition) is 2. The molecule has 0 aliphatic heterocycles. The van der Waals surface area contributed by atoms with E-state index in [2.05, 4.69) is 20.8 Å². The predicted octanol–water partition coefficient (Wildman–Crippen LogP) is 6.48. The molecule has 0 heterocycles. The molecule has 0 spiro atoms. The standard InChI is InChI=1S/C25H40O2/c1-4-6-13-25-15-11-21-20-10-8-19(26)17-18(20)7-9-22(21)23(25)12-14-24(25,3)27-16-5-2/h17,20-23H,4-16H2,1-3H3. The minimum Gasteiger partial charge on any atom is -0.375 e. The second kappa shape index (κ2) is 7.65. The molecule has 0 N–H and O–H groups in total. The molecule has 0 amide bonds. The molecule has 6 atom stereocenters. The molecular formula is C25H40O2. The molecule has 4 aliphatic carbocycles. The van der Waals surface area contributed by atoms with E-state index in [1.54, 1.807) is 0 Å². The molecule has 3 fully saturated rings. The van der Waals surface area contributed by atoms with Crippen molar-refractivity contribution in [1.29, 1.82) is 0 Å². The minimum absolute atomic E-state index is 0.0897. The molecule has 152 valence electrons. The van der Waals surface area contributed by atoms with E-state index in [0.717, 1.165) is 43.6 Å². The Morgan fingerprint density at radius 2 is 1.89 bits per heavy atom. The van der Waals surface area contributed by atoms with Gasteiger partial charge in [0.15, 0.2) is 5.78 Å². The van der Waals surface area contributed by atoms with Gasteiger partial charge in [0.2, 0.25) is 0 Å². The van der Waals surface area contributed by atoms with Gasteiger partial charge in [0.05, 0.1) is 5.60 Å². The fourth-order valence-corrected chi connectivity index (χ4v) is 7.83. The van der Waals surface area contributed by atoms with Crippen molar-refractivity contribution >= 4 is 5.78 Å². The quantitative estimate of drug-likeness (QED) is 0.533. The largest absolute Gasteiger partial charge is 0.375 e. The normalized spacial score (nSPS) is 43.7. The Labute approximate surface area is 166 Å². The third kappa shape index (κ3) is 3.15. The van der Waals surface area contributed by atoms with Gasteiger partial charge in [-0.05, 0) is 94.5 Å². The Morgan fingerprint density at radius 1 is 1.04 bits per heavy atom. The fourth-order valence-electron chi connectivity index (χ4n) is 7.83. The highest BCUT2D eigenvalue weighted by Crippen LogP contribution is 2.67. The maximum atomic E-state index is 11.9. The van der Waals surface area contributed by atoms with Crippen LogP contribution in [0.2, 0.25) is 0 Å². The summed E-state index contributed by atoms with van der Waals surface area (Å²) in [4.78, 5) is 11.9. The molecule has 6 unspecified atom stereocenters. The van der Waals surface area contributed by atoms with E-state index in [1.165, 1.54) is 63.4 Å². The molecule has 0 aromatic carbocycles. The van der Waals surface area contributed by atoms with Crippen molar-refractivity contribution in [3.63, 3.8) is 0 Å². The van der Waals surface area contributed by atoms with Crippen molar-refractivity contribution in [2.75, 3.05) is 6.61 Å². The van der Waals surface area contributed by atoms with Gasteiger partial charge in [0, 0.05) is 18.4 Å². The molecular weight excluding hydrogens is 332 g/mol. The maximum Gasteiger partial charge on any atom is 0.155 e. The van der Waals surface area contributed by atoms with Crippen LogP contribution in [0.15, 0.2) is 11.6 Å². The van der Waals surface area contributed by atoms with E-state index >= 15 is 0 Å². The highest BCUT2D eigenvalue weighted by atomic mass is 16.5. The summed E-state index contributed by atoms with van der Waals surface area (Å²) in [6.45, 7) is 7.97. The molecule has 0 saturated heterocycles. The van der Waals surface area contributed by atoms with Crippen molar-refractivity contribution in [3.8, 4) is 0 Å². The Hall–Kier alpha value is -0.630. The van der Waals surface area contributed by atoms with Crippen LogP contribution in [0.25, 0.3) is 0 Å². The highest BCUT2D eigenvalue weighted by molar-refractivity contribution is 5.91. The monoisotopic (exact) mass is 372 g/mol. The van der Waals surface area contributed by atoms with Crippen LogP contribution in [0, 0.1) is 29.1 Å². The topological polar surface area (TPSA) is 26.3 Å². The van der Waals surface area contributed by atoms with Crippen LogP contribution in [0.4, 0.5) is 0 Å². The van der Waals surface area contributed by atoms with E-state index < -0.39 is 0 Å². The van der Waals surface area contributed by atoms with Gasteiger partial charge in [-0.15, -0.1) is 0 Å². The zero-order chi connectivity index (χ0) is 19.1. The molecule has 0 aromatic rings. The highest BCUT2D eigenvalue weighted by Gasteiger charge is 2.63. The van der Waals surface area contributed by atoms with Crippen molar-refractivity contribution in [3.05, 3.63) is 11.6 Å². The van der Waals surface area contributed by atoms with Crippen LogP contribution in [-0.2, 0) is 9.53 Å². The molecule has 0 radical (unpaired) electrons. The second-order valence-corrected chi connectivity index (χ2v) is 10.2. The van der Waals surface area contributed by atoms with Crippen molar-refractivity contribution in [2.45, 2.75) is 103 Å². The lowest BCUT2D eigenvalue weighted by atomic mass is 9.49. The summed E-state index contributed by atoms with van der Waals surface area (Å²) in [6.07, 6.45) is 17.0. The van der Waals surface area contributed by atoms with Gasteiger partial charge in [-0.25, -0.2) is 0 Å². The Morgan fingerprint density at radius 3 is 2.67 bits per heavy atom. The molecule has 3 saturated carbocycles. The Bertz CT molecular complexity index is 593. The smallest absolute Gasteiger partial charge is 0.155 e. The molecule has 2 heteroatoms. The van der Waals surface area contributed by atoms with E-state index in [-0.39, 0.29) is 5.60 Å². The van der Waals surface area contributed by atoms with Crippen molar-refractivity contribution in [2.24, 2.45) is 29.1 Å². The number of allylic oxidation sites excluding steroid dienone is 1. The van der Waals surface area contributed by atoms with E-state index in [0.29, 0.717) is 17.1 Å². The lowest BCUT2D eigenvalue weighted by molar-refractivity contribution is -0.156. The van der Waals surface area contributed by atoms with Gasteiger partial charge in [-0.3, -0.25) is 4.79 Å². The van der Waals surface area contributed by atoms with Gasteiger partial charge in [-0.2, -0.15) is 0 Å². The van der Waals surface area contributed by atoms with Gasteiger partial charge in [-0.1, -0.05) is 32.3 Å². The van der Waals surface area contributed by atoms with Gasteiger partial charge < -0.3 is 4.74 Å². The molecule has 0 bridgehead atoms. The first-order chi connectivity index (χ1) is 13.0. The minimum atomic E-state index is 0.0897. The van der Waals surface area contributed by atoms with Gasteiger partial charge >= 0.3 is 0 Å². The van der Waals surface area contributed by atoms with E-state index in [1.807, 2.05) is 6.08 Å². The predicted molar refractivity (Wildman–Crippen MR) is 111 cm³/mol. The Kier molecular flexibility index (Phi) is 5.58. The first kappa shape index (κ1) is 19.7. The van der Waals surface area contributed by atoms with Crippen LogP contribution in [0.5, 0.6) is 0 Å². The number of fused-ring (bicyclic) bond motifs is 5. The number of ketones is 1.